The zero-order valence-corrected chi connectivity index (χ0v) is 49.4. The summed E-state index contributed by atoms with van der Waals surface area (Å²) in [7, 11) is -12.5. The highest BCUT2D eigenvalue weighted by Gasteiger charge is 2.60. The molecule has 0 aromatic carbocycles. The lowest BCUT2D eigenvalue weighted by Gasteiger charge is -2.51. The summed E-state index contributed by atoms with van der Waals surface area (Å²) >= 11 is 0. The van der Waals surface area contributed by atoms with E-state index in [1.165, 1.54) is 51.0 Å². The third-order valence-corrected chi connectivity index (χ3v) is 37.7. The highest BCUT2D eigenvalue weighted by atomic mass is 28.4. The molecule has 17 heteroatoms. The second-order valence-corrected chi connectivity index (χ2v) is 39.3. The van der Waals surface area contributed by atoms with Gasteiger partial charge >= 0.3 is 26.3 Å². The summed E-state index contributed by atoms with van der Waals surface area (Å²) in [6.45, 7) is 34.9. The van der Waals surface area contributed by atoms with E-state index in [1.54, 1.807) is 0 Å². The Labute approximate surface area is 405 Å². The molecule has 0 aromatic rings. The molecule has 3 aliphatic rings. The minimum Gasteiger partial charge on any atom is -0.417 e. The molecular formula is C48H105N3O9Si5. The number of hydrogen-bond acceptors (Lipinski definition) is 12. The van der Waals surface area contributed by atoms with Gasteiger partial charge in [-0.25, -0.2) is 0 Å². The fourth-order valence-electron chi connectivity index (χ4n) is 13.3. The topological polar surface area (TPSA) is 138 Å². The van der Waals surface area contributed by atoms with Crippen molar-refractivity contribution < 1.29 is 39.8 Å². The van der Waals surface area contributed by atoms with Crippen LogP contribution >= 0.6 is 0 Å². The summed E-state index contributed by atoms with van der Waals surface area (Å²) in [5, 5.41) is 0.740. The van der Waals surface area contributed by atoms with Crippen molar-refractivity contribution in [2.45, 2.75) is 219 Å². The Morgan fingerprint density at radius 3 is 1.60 bits per heavy atom. The smallest absolute Gasteiger partial charge is 0.417 e. The maximum Gasteiger partial charge on any atom is 0.500 e. The van der Waals surface area contributed by atoms with Gasteiger partial charge in [0.05, 0.1) is 0 Å². The normalized spacial score (nSPS) is 25.2. The number of rotatable bonds is 37. The van der Waals surface area contributed by atoms with Crippen molar-refractivity contribution >= 4 is 42.7 Å². The molecule has 2 saturated heterocycles. The van der Waals surface area contributed by atoms with Gasteiger partial charge in [-0.05, 0) is 181 Å². The standard InChI is InChI=1S/C48H105N3O9Si5/c1-13-52-62(37-23-28-46(62)61(10,11)12)45(29-34-47(43-50)31-22-27-44(41-47)42-49)30-35-48(51-36-26-38-63(51,53-14-2)54-15-3,32-24-39-64(55-16-4,56-17-5)57-18-6)33-25-40-65(58-19-7,59-20-8)60-21-9/h44-46H,13-43,49-50H2,1-12H3. The van der Waals surface area contributed by atoms with E-state index in [0.717, 1.165) is 101 Å². The van der Waals surface area contributed by atoms with Crippen molar-refractivity contribution in [2.24, 2.45) is 22.8 Å². The van der Waals surface area contributed by atoms with Crippen molar-refractivity contribution in [3.8, 4) is 0 Å². The lowest BCUT2D eigenvalue weighted by Crippen LogP contribution is -2.64. The third kappa shape index (κ3) is 16.0. The summed E-state index contributed by atoms with van der Waals surface area (Å²) in [4.78, 5) is 0. The molecule has 386 valence electrons. The maximum atomic E-state index is 7.54. The number of hydrogen-bond donors (Lipinski definition) is 2. The Morgan fingerprint density at radius 1 is 0.631 bits per heavy atom. The van der Waals surface area contributed by atoms with E-state index >= 15 is 0 Å². The van der Waals surface area contributed by atoms with Crippen LogP contribution in [0, 0.1) is 11.3 Å². The lowest BCUT2D eigenvalue weighted by molar-refractivity contribution is 0.0477. The van der Waals surface area contributed by atoms with E-state index in [2.05, 4.69) is 86.5 Å². The van der Waals surface area contributed by atoms with Gasteiger partial charge in [-0.2, -0.15) is 0 Å². The second-order valence-electron chi connectivity index (χ2n) is 20.6. The molecule has 0 spiro atoms. The minimum atomic E-state index is -2.92. The summed E-state index contributed by atoms with van der Waals surface area (Å²) in [5.74, 6) is 0.574. The largest absolute Gasteiger partial charge is 0.500 e. The van der Waals surface area contributed by atoms with Crippen LogP contribution in [0.5, 0.6) is 0 Å². The lowest BCUT2D eigenvalue weighted by atomic mass is 9.67. The Balaban J connectivity index is 2.29. The summed E-state index contributed by atoms with van der Waals surface area (Å²) in [6, 6.07) is 3.84. The summed E-state index contributed by atoms with van der Waals surface area (Å²) in [6.07, 6.45) is 17.0. The predicted molar refractivity (Wildman–Crippen MR) is 280 cm³/mol. The van der Waals surface area contributed by atoms with Crippen molar-refractivity contribution in [3.63, 3.8) is 0 Å². The van der Waals surface area contributed by atoms with Crippen LogP contribution in [0.3, 0.4) is 0 Å². The SMILES string of the molecule is CCO[Si](CCCC(CCC[Si](OCC)(OCC)OCC)(CCC(CCC1(CN)CCCC(CN)C1)[Si]1(OCC)CCCC1[Si](C)(C)C)N1CCC[Si]1(OCC)OCC)(OCC)OCC. The zero-order chi connectivity index (χ0) is 48.1. The van der Waals surface area contributed by atoms with E-state index < -0.39 is 42.7 Å². The van der Waals surface area contributed by atoms with Crippen LogP contribution in [0.25, 0.3) is 0 Å². The fourth-order valence-corrected chi connectivity index (χ4v) is 36.0. The first-order chi connectivity index (χ1) is 31.2. The monoisotopic (exact) mass is 1010 g/mol. The van der Waals surface area contributed by atoms with Crippen molar-refractivity contribution in [3.05, 3.63) is 0 Å². The molecule has 0 aromatic heterocycles. The van der Waals surface area contributed by atoms with E-state index in [-0.39, 0.29) is 11.0 Å². The molecule has 0 amide bonds. The predicted octanol–water partition coefficient (Wildman–Crippen LogP) is 11.1. The zero-order valence-electron chi connectivity index (χ0n) is 44.4. The molecule has 65 heavy (non-hydrogen) atoms. The molecule has 5 unspecified atom stereocenters. The molecule has 0 bridgehead atoms. The molecule has 5 atom stereocenters. The Bertz CT molecular complexity index is 1220. The molecule has 4 N–H and O–H groups in total. The van der Waals surface area contributed by atoms with E-state index in [4.69, 9.17) is 51.3 Å². The Hall–Kier alpha value is 0.604. The third-order valence-electron chi connectivity index (χ3n) is 15.6. The van der Waals surface area contributed by atoms with Gasteiger partial charge in [0.1, 0.15) is 0 Å². The van der Waals surface area contributed by atoms with Gasteiger partial charge in [0.15, 0.2) is 8.32 Å². The first kappa shape index (κ1) is 59.9. The Morgan fingerprint density at radius 2 is 1.15 bits per heavy atom. The van der Waals surface area contributed by atoms with Gasteiger partial charge in [-0.3, -0.25) is 4.57 Å². The first-order valence-corrected chi connectivity index (χ1v) is 38.8. The van der Waals surface area contributed by atoms with Crippen LogP contribution in [-0.2, 0) is 39.8 Å². The first-order valence-electron chi connectivity index (χ1n) is 27.1. The second kappa shape index (κ2) is 29.2. The van der Waals surface area contributed by atoms with Crippen LogP contribution in [0.2, 0.25) is 54.5 Å². The molecule has 3 fully saturated rings. The molecular weight excluding hydrogens is 903 g/mol. The molecule has 1 aliphatic carbocycles. The molecule has 2 heterocycles. The highest BCUT2D eigenvalue weighted by Crippen LogP contribution is 2.57. The van der Waals surface area contributed by atoms with Crippen LogP contribution < -0.4 is 11.5 Å². The van der Waals surface area contributed by atoms with Crippen molar-refractivity contribution in [2.75, 3.05) is 79.1 Å². The summed E-state index contributed by atoms with van der Waals surface area (Å²) < 4.78 is 63.6. The number of nitrogens with zero attached hydrogens (tertiary/aromatic N) is 1. The van der Waals surface area contributed by atoms with Gasteiger partial charge in [-0.1, -0.05) is 45.3 Å². The van der Waals surface area contributed by atoms with E-state index in [9.17, 15) is 0 Å². The van der Waals surface area contributed by atoms with Crippen LogP contribution in [-0.4, -0.2) is 132 Å². The summed E-state index contributed by atoms with van der Waals surface area (Å²) in [5.41, 5.74) is 13.8. The average Bonchev–Trinajstić information content (AvgIpc) is 3.90. The molecule has 2 aliphatic heterocycles. The quantitative estimate of drug-likeness (QED) is 0.0573. The van der Waals surface area contributed by atoms with Crippen LogP contribution in [0.1, 0.15) is 159 Å². The fraction of sp³-hybridized carbons (Fsp3) is 1.00. The Kier molecular flexibility index (Phi) is 26.9. The number of nitrogens with two attached hydrogens (primary N) is 2. The van der Waals surface area contributed by atoms with Crippen LogP contribution in [0.4, 0.5) is 0 Å². The van der Waals surface area contributed by atoms with Gasteiger partial charge < -0.3 is 51.3 Å². The van der Waals surface area contributed by atoms with Gasteiger partial charge in [0, 0.05) is 91.2 Å². The molecule has 12 nitrogen and oxygen atoms in total. The van der Waals surface area contributed by atoms with Crippen molar-refractivity contribution in [1.29, 1.82) is 0 Å². The molecule has 3 rings (SSSR count). The average molecular weight is 1010 g/mol. The maximum absolute atomic E-state index is 7.54. The highest BCUT2D eigenvalue weighted by molar-refractivity contribution is 6.96. The van der Waals surface area contributed by atoms with Gasteiger partial charge in [0.25, 0.3) is 0 Å². The molecule has 1 saturated carbocycles. The van der Waals surface area contributed by atoms with Crippen molar-refractivity contribution in [1.82, 2.24) is 4.57 Å². The molecule has 0 radical (unpaired) electrons. The van der Waals surface area contributed by atoms with Gasteiger partial charge in [-0.15, -0.1) is 0 Å². The van der Waals surface area contributed by atoms with E-state index in [1.807, 2.05) is 0 Å². The van der Waals surface area contributed by atoms with Gasteiger partial charge in [0.2, 0.25) is 0 Å². The van der Waals surface area contributed by atoms with Crippen LogP contribution in [0.15, 0.2) is 0 Å². The van der Waals surface area contributed by atoms with E-state index in [0.29, 0.717) is 64.3 Å². The minimum absolute atomic E-state index is 0.158.